The van der Waals surface area contributed by atoms with Crippen LogP contribution in [0.15, 0.2) is 18.2 Å². The third kappa shape index (κ3) is 3.27. The largest absolute Gasteiger partial charge is 0.493 e. The summed E-state index contributed by atoms with van der Waals surface area (Å²) in [4.78, 5) is 0. The Morgan fingerprint density at radius 2 is 2.11 bits per heavy atom. The summed E-state index contributed by atoms with van der Waals surface area (Å²) < 4.78 is 19.3. The summed E-state index contributed by atoms with van der Waals surface area (Å²) in [6, 6.07) is 5.41. The van der Waals surface area contributed by atoms with Gasteiger partial charge in [0.1, 0.15) is 11.6 Å². The van der Waals surface area contributed by atoms with E-state index in [1.54, 1.807) is 12.1 Å². The van der Waals surface area contributed by atoms with Crippen molar-refractivity contribution in [3.8, 4) is 5.75 Å². The van der Waals surface area contributed by atoms with Gasteiger partial charge in [-0.15, -0.1) is 0 Å². The Hall–Kier alpha value is -1.09. The van der Waals surface area contributed by atoms with E-state index in [-0.39, 0.29) is 5.82 Å². The highest BCUT2D eigenvalue weighted by atomic mass is 19.1. The molecule has 1 aromatic carbocycles. The number of benzene rings is 1. The predicted octanol–water partition coefficient (Wildman–Crippen LogP) is 3.30. The summed E-state index contributed by atoms with van der Waals surface area (Å²) in [5.74, 6) is 1.42. The molecule has 1 atom stereocenters. The number of ether oxygens (including phenoxy) is 1. The monoisotopic (exact) mass is 263 g/mol. The molecule has 0 amide bonds. The fourth-order valence-electron chi connectivity index (χ4n) is 2.91. The fourth-order valence-corrected chi connectivity index (χ4v) is 2.91. The van der Waals surface area contributed by atoms with Crippen LogP contribution >= 0.6 is 0 Å². The quantitative estimate of drug-likeness (QED) is 0.880. The Labute approximate surface area is 114 Å². The molecule has 1 heterocycles. The minimum atomic E-state index is -0.163. The number of hydrogen-bond donors (Lipinski definition) is 1. The number of nitrogens with one attached hydrogen (secondary N) is 1. The van der Waals surface area contributed by atoms with E-state index in [1.165, 1.54) is 38.2 Å². The van der Waals surface area contributed by atoms with Crippen molar-refractivity contribution in [2.75, 3.05) is 13.2 Å². The summed E-state index contributed by atoms with van der Waals surface area (Å²) in [7, 11) is 0. The Balaban J connectivity index is 1.66. The van der Waals surface area contributed by atoms with Crippen molar-refractivity contribution in [2.24, 2.45) is 5.92 Å². The molecule has 2 aliphatic rings. The first kappa shape index (κ1) is 12.9. The van der Waals surface area contributed by atoms with Crippen molar-refractivity contribution < 1.29 is 9.13 Å². The van der Waals surface area contributed by atoms with Crippen molar-refractivity contribution in [3.63, 3.8) is 0 Å². The lowest BCUT2D eigenvalue weighted by molar-refractivity contribution is 0.179. The fraction of sp³-hybridized carbons (Fsp3) is 0.625. The molecular formula is C16H22FNO. The van der Waals surface area contributed by atoms with Gasteiger partial charge in [-0.05, 0) is 68.3 Å². The van der Waals surface area contributed by atoms with E-state index in [4.69, 9.17) is 4.74 Å². The zero-order valence-corrected chi connectivity index (χ0v) is 11.3. The van der Waals surface area contributed by atoms with Gasteiger partial charge in [-0.3, -0.25) is 0 Å². The first-order valence-corrected chi connectivity index (χ1v) is 7.46. The molecule has 1 N–H and O–H groups in total. The summed E-state index contributed by atoms with van der Waals surface area (Å²) >= 11 is 0. The highest BCUT2D eigenvalue weighted by Crippen LogP contribution is 2.29. The second-order valence-electron chi connectivity index (χ2n) is 5.86. The van der Waals surface area contributed by atoms with Crippen molar-refractivity contribution in [2.45, 2.75) is 44.6 Å². The average Bonchev–Trinajstić information content (AvgIpc) is 2.82. The summed E-state index contributed by atoms with van der Waals surface area (Å²) in [5.41, 5.74) is 1.01. The summed E-state index contributed by atoms with van der Waals surface area (Å²) in [6.45, 7) is 1.87. The molecule has 1 aliphatic carbocycles. The average molecular weight is 263 g/mol. The van der Waals surface area contributed by atoms with Crippen molar-refractivity contribution >= 4 is 0 Å². The van der Waals surface area contributed by atoms with E-state index in [2.05, 4.69) is 5.32 Å². The van der Waals surface area contributed by atoms with E-state index < -0.39 is 0 Å². The third-order valence-electron chi connectivity index (χ3n) is 4.35. The maximum Gasteiger partial charge on any atom is 0.123 e. The lowest BCUT2D eigenvalue weighted by Gasteiger charge is -2.26. The molecule has 1 aliphatic heterocycles. The van der Waals surface area contributed by atoms with Crippen LogP contribution in [0.5, 0.6) is 5.75 Å². The van der Waals surface area contributed by atoms with Gasteiger partial charge >= 0.3 is 0 Å². The van der Waals surface area contributed by atoms with Crippen LogP contribution in [-0.2, 0) is 6.42 Å². The van der Waals surface area contributed by atoms with Crippen LogP contribution in [0.3, 0.4) is 0 Å². The lowest BCUT2D eigenvalue weighted by Crippen LogP contribution is -2.24. The van der Waals surface area contributed by atoms with Gasteiger partial charge in [0.25, 0.3) is 0 Å². The van der Waals surface area contributed by atoms with Gasteiger partial charge in [0.15, 0.2) is 0 Å². The predicted molar refractivity (Wildman–Crippen MR) is 74.0 cm³/mol. The van der Waals surface area contributed by atoms with Crippen molar-refractivity contribution in [1.29, 1.82) is 0 Å². The van der Waals surface area contributed by atoms with E-state index in [1.807, 2.05) is 0 Å². The first-order valence-electron chi connectivity index (χ1n) is 7.46. The van der Waals surface area contributed by atoms with Crippen LogP contribution in [-0.4, -0.2) is 19.2 Å². The molecule has 3 heteroatoms. The molecule has 0 aromatic heterocycles. The van der Waals surface area contributed by atoms with Gasteiger partial charge < -0.3 is 10.1 Å². The molecule has 0 radical (unpaired) electrons. The molecule has 1 aromatic rings. The van der Waals surface area contributed by atoms with Crippen molar-refractivity contribution in [1.82, 2.24) is 5.32 Å². The Kier molecular flexibility index (Phi) is 4.02. The van der Waals surface area contributed by atoms with E-state index in [9.17, 15) is 4.39 Å². The van der Waals surface area contributed by atoms with Gasteiger partial charge in [0, 0.05) is 6.04 Å². The SMILES string of the molecule is Fc1ccc(OCC2CCC2)c(CC2CCCN2)c1. The van der Waals surface area contributed by atoms with Gasteiger partial charge in [-0.25, -0.2) is 4.39 Å². The molecule has 1 saturated carbocycles. The van der Waals surface area contributed by atoms with E-state index in [0.29, 0.717) is 12.0 Å². The van der Waals surface area contributed by atoms with E-state index >= 15 is 0 Å². The highest BCUT2D eigenvalue weighted by molar-refractivity contribution is 5.35. The minimum Gasteiger partial charge on any atom is -0.493 e. The third-order valence-corrected chi connectivity index (χ3v) is 4.35. The van der Waals surface area contributed by atoms with Crippen LogP contribution < -0.4 is 10.1 Å². The van der Waals surface area contributed by atoms with Crippen LogP contribution in [0.25, 0.3) is 0 Å². The molecule has 0 spiro atoms. The summed E-state index contributed by atoms with van der Waals surface area (Å²) in [5, 5.41) is 3.46. The molecule has 3 rings (SSSR count). The molecule has 0 bridgehead atoms. The molecule has 19 heavy (non-hydrogen) atoms. The molecule has 1 unspecified atom stereocenters. The summed E-state index contributed by atoms with van der Waals surface area (Å²) in [6.07, 6.45) is 7.16. The molecular weight excluding hydrogens is 241 g/mol. The van der Waals surface area contributed by atoms with Crippen LogP contribution in [0.4, 0.5) is 4.39 Å². The maximum atomic E-state index is 13.4. The normalized spacial score (nSPS) is 23.3. The zero-order chi connectivity index (χ0) is 13.1. The van der Waals surface area contributed by atoms with Crippen LogP contribution in [0.2, 0.25) is 0 Å². The Morgan fingerprint density at radius 1 is 1.21 bits per heavy atom. The number of halogens is 1. The van der Waals surface area contributed by atoms with E-state index in [0.717, 1.165) is 30.9 Å². The zero-order valence-electron chi connectivity index (χ0n) is 11.3. The second-order valence-corrected chi connectivity index (χ2v) is 5.86. The maximum absolute atomic E-state index is 13.4. The van der Waals surface area contributed by atoms with Gasteiger partial charge in [0.05, 0.1) is 6.61 Å². The molecule has 2 fully saturated rings. The topological polar surface area (TPSA) is 21.3 Å². The Bertz CT molecular complexity index is 425. The smallest absolute Gasteiger partial charge is 0.123 e. The molecule has 104 valence electrons. The highest BCUT2D eigenvalue weighted by Gasteiger charge is 2.20. The second kappa shape index (κ2) is 5.91. The number of hydrogen-bond acceptors (Lipinski definition) is 2. The molecule has 1 saturated heterocycles. The molecule has 2 nitrogen and oxygen atoms in total. The van der Waals surface area contributed by atoms with Gasteiger partial charge in [-0.2, -0.15) is 0 Å². The van der Waals surface area contributed by atoms with Crippen LogP contribution in [0.1, 0.15) is 37.7 Å². The Morgan fingerprint density at radius 3 is 2.79 bits per heavy atom. The lowest BCUT2D eigenvalue weighted by atomic mass is 9.86. The first-order chi connectivity index (χ1) is 9.31. The van der Waals surface area contributed by atoms with Gasteiger partial charge in [-0.1, -0.05) is 6.42 Å². The van der Waals surface area contributed by atoms with Crippen molar-refractivity contribution in [3.05, 3.63) is 29.6 Å². The van der Waals surface area contributed by atoms with Crippen LogP contribution in [0, 0.1) is 11.7 Å². The number of rotatable bonds is 5. The van der Waals surface area contributed by atoms with Gasteiger partial charge in [0.2, 0.25) is 0 Å². The minimum absolute atomic E-state index is 0.163. The standard InChI is InChI=1S/C16H22FNO/c17-14-6-7-16(19-11-12-3-1-4-12)13(9-14)10-15-5-2-8-18-15/h6-7,9,12,15,18H,1-5,8,10-11H2.